The van der Waals surface area contributed by atoms with Gasteiger partial charge in [-0.3, -0.25) is 10.1 Å². The molecular formula is C19H13N3O7. The number of fused-ring (bicyclic) bond motifs is 1. The van der Waals surface area contributed by atoms with Crippen molar-refractivity contribution in [3.05, 3.63) is 70.1 Å². The number of nitro groups is 1. The summed E-state index contributed by atoms with van der Waals surface area (Å²) in [6, 6.07) is 11.8. The second-order valence-electron chi connectivity index (χ2n) is 5.83. The number of aromatic nitrogens is 2. The Morgan fingerprint density at radius 3 is 2.69 bits per heavy atom. The van der Waals surface area contributed by atoms with Gasteiger partial charge in [0.25, 0.3) is 11.6 Å². The summed E-state index contributed by atoms with van der Waals surface area (Å²) in [5.41, 5.74) is 0.704. The Kier molecular flexibility index (Phi) is 4.89. The molecule has 0 spiro atoms. The van der Waals surface area contributed by atoms with E-state index in [-0.39, 0.29) is 36.3 Å². The van der Waals surface area contributed by atoms with E-state index in [1.165, 1.54) is 18.2 Å². The van der Waals surface area contributed by atoms with E-state index in [9.17, 15) is 14.9 Å². The van der Waals surface area contributed by atoms with Crippen LogP contribution in [0.15, 0.2) is 53.0 Å². The summed E-state index contributed by atoms with van der Waals surface area (Å²) in [5.74, 6) is 0.351. The molecule has 10 heteroatoms. The number of nitrogens with zero attached hydrogens (tertiary/aromatic N) is 3. The number of ether oxygens (including phenoxy) is 3. The van der Waals surface area contributed by atoms with Crippen molar-refractivity contribution in [2.24, 2.45) is 0 Å². The number of rotatable bonds is 6. The van der Waals surface area contributed by atoms with Gasteiger partial charge in [-0.2, -0.15) is 0 Å². The zero-order valence-corrected chi connectivity index (χ0v) is 14.8. The van der Waals surface area contributed by atoms with Crippen molar-refractivity contribution < 1.29 is 28.3 Å². The van der Waals surface area contributed by atoms with E-state index in [1.54, 1.807) is 0 Å². The predicted octanol–water partition coefficient (Wildman–Crippen LogP) is 3.13. The first kappa shape index (κ1) is 18.2. The first-order chi connectivity index (χ1) is 14.1. The van der Waals surface area contributed by atoms with Crippen molar-refractivity contribution in [3.8, 4) is 23.0 Å². The minimum absolute atomic E-state index is 0.0170. The van der Waals surface area contributed by atoms with Gasteiger partial charge in [-0.25, -0.2) is 4.79 Å². The van der Waals surface area contributed by atoms with Gasteiger partial charge in [-0.05, 0) is 24.3 Å². The highest BCUT2D eigenvalue weighted by molar-refractivity contribution is 5.88. The third-order valence-corrected chi connectivity index (χ3v) is 3.94. The molecule has 0 fully saturated rings. The summed E-state index contributed by atoms with van der Waals surface area (Å²) in [7, 11) is 0. The molecule has 0 radical (unpaired) electrons. The largest absolute Gasteiger partial charge is 0.454 e. The van der Waals surface area contributed by atoms with Gasteiger partial charge in [0.15, 0.2) is 18.1 Å². The molecule has 0 aliphatic carbocycles. The number of hydrogen-bond acceptors (Lipinski definition) is 9. The zero-order chi connectivity index (χ0) is 20.2. The highest BCUT2D eigenvalue weighted by Gasteiger charge is 2.22. The van der Waals surface area contributed by atoms with Crippen LogP contribution in [0, 0.1) is 10.1 Å². The van der Waals surface area contributed by atoms with Crippen molar-refractivity contribution in [1.82, 2.24) is 10.2 Å². The normalized spacial score (nSPS) is 12.3. The molecule has 1 aliphatic heterocycles. The molecule has 4 rings (SSSR count). The van der Waals surface area contributed by atoms with Crippen molar-refractivity contribution >= 4 is 17.7 Å². The minimum atomic E-state index is -0.726. The van der Waals surface area contributed by atoms with Crippen LogP contribution < -0.4 is 9.47 Å². The quantitative estimate of drug-likeness (QED) is 0.268. The van der Waals surface area contributed by atoms with Gasteiger partial charge >= 0.3 is 5.97 Å². The minimum Gasteiger partial charge on any atom is -0.454 e. The molecule has 1 aromatic heterocycles. The van der Waals surface area contributed by atoms with E-state index in [4.69, 9.17) is 18.6 Å². The van der Waals surface area contributed by atoms with Crippen LogP contribution in [-0.4, -0.2) is 27.9 Å². The van der Waals surface area contributed by atoms with Crippen molar-refractivity contribution in [1.29, 1.82) is 0 Å². The third-order valence-electron chi connectivity index (χ3n) is 3.94. The second kappa shape index (κ2) is 7.80. The van der Waals surface area contributed by atoms with Crippen LogP contribution in [-0.2, 0) is 16.1 Å². The number of benzene rings is 2. The second-order valence-corrected chi connectivity index (χ2v) is 5.83. The van der Waals surface area contributed by atoms with E-state index < -0.39 is 10.9 Å². The molecule has 0 saturated carbocycles. The van der Waals surface area contributed by atoms with Crippen molar-refractivity contribution in [3.63, 3.8) is 0 Å². The maximum absolute atomic E-state index is 12.0. The Bertz CT molecular complexity index is 1090. The van der Waals surface area contributed by atoms with Crippen LogP contribution in [0.5, 0.6) is 11.5 Å². The predicted molar refractivity (Wildman–Crippen MR) is 97.8 cm³/mol. The van der Waals surface area contributed by atoms with Crippen molar-refractivity contribution in [2.45, 2.75) is 6.61 Å². The molecule has 10 nitrogen and oxygen atoms in total. The number of carbonyl (C=O) groups is 1. The van der Waals surface area contributed by atoms with E-state index in [1.807, 2.05) is 30.3 Å². The summed E-state index contributed by atoms with van der Waals surface area (Å²) in [6.45, 7) is -0.247. The molecule has 1 aliphatic rings. The fourth-order valence-electron chi connectivity index (χ4n) is 2.59. The lowest BCUT2D eigenvalue weighted by Gasteiger charge is -2.01. The zero-order valence-electron chi connectivity index (χ0n) is 14.8. The molecule has 0 bridgehead atoms. The summed E-state index contributed by atoms with van der Waals surface area (Å²) < 4.78 is 20.8. The Hall–Kier alpha value is -4.21. The Morgan fingerprint density at radius 1 is 1.17 bits per heavy atom. The first-order valence-corrected chi connectivity index (χ1v) is 8.41. The molecule has 2 aromatic carbocycles. The number of nitro benzene ring substituents is 1. The van der Waals surface area contributed by atoms with Crippen LogP contribution in [0.25, 0.3) is 17.5 Å². The summed E-state index contributed by atoms with van der Waals surface area (Å²) >= 11 is 0. The van der Waals surface area contributed by atoms with Gasteiger partial charge in [-0.15, -0.1) is 10.2 Å². The number of hydrogen-bond donors (Lipinski definition) is 0. The molecule has 0 N–H and O–H groups in total. The molecular weight excluding hydrogens is 382 g/mol. The van der Waals surface area contributed by atoms with Crippen LogP contribution >= 0.6 is 0 Å². The standard InChI is InChI=1S/C19H13N3O7/c23-18(26-10-17-20-21-19(29-17)12-4-2-1-3-5-12)7-6-13-8-15-16(28-11-27-15)9-14(13)22(24)25/h1-9H,10-11H2/b7-6+. The molecule has 0 unspecified atom stereocenters. The molecule has 2 heterocycles. The van der Waals surface area contributed by atoms with E-state index in [2.05, 4.69) is 10.2 Å². The van der Waals surface area contributed by atoms with E-state index in [0.717, 1.165) is 11.6 Å². The lowest BCUT2D eigenvalue weighted by atomic mass is 10.1. The van der Waals surface area contributed by atoms with Gasteiger partial charge in [-0.1, -0.05) is 18.2 Å². The van der Waals surface area contributed by atoms with Crippen LogP contribution in [0.2, 0.25) is 0 Å². The SMILES string of the molecule is O=C(/C=C/c1cc2c(cc1[N+](=O)[O-])OCO2)OCc1nnc(-c2ccccc2)o1. The first-order valence-electron chi connectivity index (χ1n) is 8.41. The third kappa shape index (κ3) is 4.05. The van der Waals surface area contributed by atoms with Gasteiger partial charge in [0.2, 0.25) is 12.7 Å². The number of carbonyl (C=O) groups excluding carboxylic acids is 1. The fourth-order valence-corrected chi connectivity index (χ4v) is 2.59. The van der Waals surface area contributed by atoms with Crippen LogP contribution in [0.4, 0.5) is 5.69 Å². The molecule has 29 heavy (non-hydrogen) atoms. The summed E-state index contributed by atoms with van der Waals surface area (Å²) in [4.78, 5) is 22.6. The van der Waals surface area contributed by atoms with Gasteiger partial charge in [0, 0.05) is 11.6 Å². The average molecular weight is 395 g/mol. The molecule has 0 amide bonds. The molecule has 146 valence electrons. The van der Waals surface area contributed by atoms with Crippen LogP contribution in [0.1, 0.15) is 11.5 Å². The molecule has 0 saturated heterocycles. The average Bonchev–Trinajstić information content (AvgIpc) is 3.39. The highest BCUT2D eigenvalue weighted by Crippen LogP contribution is 2.38. The van der Waals surface area contributed by atoms with Crippen molar-refractivity contribution in [2.75, 3.05) is 6.79 Å². The topological polar surface area (TPSA) is 127 Å². The highest BCUT2D eigenvalue weighted by atomic mass is 16.7. The lowest BCUT2D eigenvalue weighted by molar-refractivity contribution is -0.385. The Morgan fingerprint density at radius 2 is 1.93 bits per heavy atom. The maximum Gasteiger partial charge on any atom is 0.331 e. The van der Waals surface area contributed by atoms with Crippen LogP contribution in [0.3, 0.4) is 0 Å². The van der Waals surface area contributed by atoms with E-state index >= 15 is 0 Å². The van der Waals surface area contributed by atoms with E-state index in [0.29, 0.717) is 11.6 Å². The lowest BCUT2D eigenvalue weighted by Crippen LogP contribution is -2.01. The van der Waals surface area contributed by atoms with Gasteiger partial charge in [0.05, 0.1) is 16.6 Å². The van der Waals surface area contributed by atoms with Gasteiger partial charge in [0.1, 0.15) is 0 Å². The number of esters is 1. The maximum atomic E-state index is 12.0. The summed E-state index contributed by atoms with van der Waals surface area (Å²) in [6.07, 6.45) is 2.34. The smallest absolute Gasteiger partial charge is 0.331 e. The monoisotopic (exact) mass is 395 g/mol. The summed E-state index contributed by atoms with van der Waals surface area (Å²) in [5, 5.41) is 18.9. The Labute approximate surface area is 163 Å². The van der Waals surface area contributed by atoms with Gasteiger partial charge < -0.3 is 18.6 Å². The molecule has 3 aromatic rings. The fraction of sp³-hybridized carbons (Fsp3) is 0.105. The Balaban J connectivity index is 1.41. The molecule has 0 atom stereocenters.